The summed E-state index contributed by atoms with van der Waals surface area (Å²) in [5, 5.41) is 5.17. The fourth-order valence-electron chi connectivity index (χ4n) is 3.85. The molecule has 9 nitrogen and oxygen atoms in total. The highest BCUT2D eigenvalue weighted by Crippen LogP contribution is 2.34. The summed E-state index contributed by atoms with van der Waals surface area (Å²) in [7, 11) is 3.65. The predicted molar refractivity (Wildman–Crippen MR) is 129 cm³/mol. The minimum Gasteiger partial charge on any atom is -0.493 e. The van der Waals surface area contributed by atoms with E-state index in [1.807, 2.05) is 0 Å². The van der Waals surface area contributed by atoms with E-state index in [0.717, 1.165) is 51.3 Å². The smallest absolute Gasteiger partial charge is 0.325 e. The Balaban J connectivity index is 1.42. The lowest BCUT2D eigenvalue weighted by Gasteiger charge is -2.32. The second-order valence-corrected chi connectivity index (χ2v) is 8.27. The molecule has 4 rings (SSSR count). The summed E-state index contributed by atoms with van der Waals surface area (Å²) in [5.41, 5.74) is -0.0320. The predicted octanol–water partition coefficient (Wildman–Crippen LogP) is 3.58. The number of carbonyl (C=O) groups excluding carboxylic acids is 1. The van der Waals surface area contributed by atoms with Crippen LogP contribution in [0.2, 0.25) is 0 Å². The van der Waals surface area contributed by atoms with Crippen LogP contribution in [-0.4, -0.2) is 79.3 Å². The number of rotatable bonds is 8. The van der Waals surface area contributed by atoms with Gasteiger partial charge in [-0.05, 0) is 31.7 Å². The van der Waals surface area contributed by atoms with Crippen molar-refractivity contribution in [3.8, 4) is 11.5 Å². The van der Waals surface area contributed by atoms with Gasteiger partial charge in [0.25, 0.3) is 0 Å². The van der Waals surface area contributed by atoms with E-state index in [1.165, 1.54) is 19.5 Å². The van der Waals surface area contributed by atoms with E-state index in [-0.39, 0.29) is 5.82 Å². The second kappa shape index (κ2) is 11.2. The van der Waals surface area contributed by atoms with Crippen molar-refractivity contribution < 1.29 is 23.0 Å². The normalized spacial score (nSPS) is 14.6. The van der Waals surface area contributed by atoms with Crippen molar-refractivity contribution in [1.82, 2.24) is 19.8 Å². The molecule has 0 unspecified atom stereocenters. The van der Waals surface area contributed by atoms with Gasteiger partial charge in [0.1, 0.15) is 29.5 Å². The molecule has 2 amide bonds. The average Bonchev–Trinajstić information content (AvgIpc) is 2.85. The third-order valence-corrected chi connectivity index (χ3v) is 5.83. The van der Waals surface area contributed by atoms with Crippen LogP contribution in [-0.2, 0) is 0 Å². The molecule has 186 valence electrons. The van der Waals surface area contributed by atoms with Crippen LogP contribution >= 0.6 is 0 Å². The molecule has 1 aliphatic heterocycles. The van der Waals surface area contributed by atoms with Gasteiger partial charge in [-0.25, -0.2) is 23.5 Å². The molecule has 2 heterocycles. The van der Waals surface area contributed by atoms with Crippen LogP contribution < -0.4 is 20.1 Å². The number of para-hydroxylation sites is 1. The van der Waals surface area contributed by atoms with Crippen molar-refractivity contribution in [2.24, 2.45) is 0 Å². The number of piperazine rings is 1. The molecule has 0 aliphatic carbocycles. The van der Waals surface area contributed by atoms with Gasteiger partial charge in [0, 0.05) is 44.2 Å². The minimum atomic E-state index is -0.885. The van der Waals surface area contributed by atoms with Gasteiger partial charge >= 0.3 is 6.03 Å². The molecule has 1 saturated heterocycles. The lowest BCUT2D eigenvalue weighted by molar-refractivity contribution is 0.145. The van der Waals surface area contributed by atoms with Gasteiger partial charge in [0.2, 0.25) is 0 Å². The maximum absolute atomic E-state index is 13.9. The molecule has 3 aromatic rings. The first-order valence-corrected chi connectivity index (χ1v) is 11.3. The molecule has 2 N–H and O–H groups in total. The Morgan fingerprint density at radius 1 is 1.06 bits per heavy atom. The minimum absolute atomic E-state index is 0.157. The second-order valence-electron chi connectivity index (χ2n) is 8.27. The van der Waals surface area contributed by atoms with Crippen LogP contribution in [0.25, 0.3) is 10.9 Å². The Morgan fingerprint density at radius 3 is 2.51 bits per heavy atom. The van der Waals surface area contributed by atoms with Crippen molar-refractivity contribution in [3.05, 3.63) is 48.3 Å². The summed E-state index contributed by atoms with van der Waals surface area (Å²) in [5.74, 6) is -0.631. The summed E-state index contributed by atoms with van der Waals surface area (Å²) >= 11 is 0. The van der Waals surface area contributed by atoms with Crippen LogP contribution in [0.15, 0.2) is 36.7 Å². The molecule has 11 heteroatoms. The maximum Gasteiger partial charge on any atom is 0.325 e. The Bertz CT molecular complexity index is 1170. The number of nitrogens with zero attached hydrogens (tertiary/aromatic N) is 4. The van der Waals surface area contributed by atoms with E-state index in [2.05, 4.69) is 37.4 Å². The number of anilines is 2. The highest BCUT2D eigenvalue weighted by molar-refractivity contribution is 6.04. The number of hydrogen-bond acceptors (Lipinski definition) is 7. The number of ether oxygens (including phenoxy) is 2. The fourth-order valence-corrected chi connectivity index (χ4v) is 3.85. The van der Waals surface area contributed by atoms with Crippen LogP contribution in [0.4, 0.5) is 25.1 Å². The number of benzene rings is 2. The van der Waals surface area contributed by atoms with Crippen molar-refractivity contribution in [2.45, 2.75) is 6.42 Å². The van der Waals surface area contributed by atoms with E-state index in [0.29, 0.717) is 29.0 Å². The summed E-state index contributed by atoms with van der Waals surface area (Å²) in [6.07, 6.45) is 2.15. The number of fused-ring (bicyclic) bond motifs is 1. The summed E-state index contributed by atoms with van der Waals surface area (Å²) < 4.78 is 39.1. The number of nitrogens with one attached hydrogen (secondary N) is 2. The van der Waals surface area contributed by atoms with Gasteiger partial charge in [-0.3, -0.25) is 5.32 Å². The molecule has 1 aliphatic rings. The van der Waals surface area contributed by atoms with Crippen molar-refractivity contribution in [3.63, 3.8) is 0 Å². The number of urea groups is 1. The molecule has 0 spiro atoms. The first kappa shape index (κ1) is 24.6. The molecular formula is C24H28F2N6O3. The van der Waals surface area contributed by atoms with E-state index in [9.17, 15) is 13.6 Å². The van der Waals surface area contributed by atoms with Gasteiger partial charge in [-0.1, -0.05) is 6.07 Å². The Hall–Kier alpha value is -3.57. The molecular weight excluding hydrogens is 458 g/mol. The Morgan fingerprint density at radius 2 is 1.80 bits per heavy atom. The summed E-state index contributed by atoms with van der Waals surface area (Å²) in [6, 6.07) is 5.84. The van der Waals surface area contributed by atoms with Crippen LogP contribution in [0, 0.1) is 11.6 Å². The topological polar surface area (TPSA) is 91.8 Å². The molecule has 35 heavy (non-hydrogen) atoms. The number of likely N-dealkylation sites (N-methyl/N-ethyl adjacent to an activating group) is 1. The number of amides is 2. The van der Waals surface area contributed by atoms with E-state index >= 15 is 0 Å². The number of aromatic nitrogens is 2. The van der Waals surface area contributed by atoms with E-state index in [1.54, 1.807) is 12.1 Å². The first-order valence-electron chi connectivity index (χ1n) is 11.3. The maximum atomic E-state index is 13.9. The highest BCUT2D eigenvalue weighted by atomic mass is 19.1. The van der Waals surface area contributed by atoms with Gasteiger partial charge in [0.15, 0.2) is 11.5 Å². The molecule has 1 aromatic heterocycles. The Labute approximate surface area is 202 Å². The molecule has 0 radical (unpaired) electrons. The molecule has 2 aromatic carbocycles. The lowest BCUT2D eigenvalue weighted by atomic mass is 10.2. The van der Waals surface area contributed by atoms with Crippen molar-refractivity contribution in [2.75, 3.05) is 64.1 Å². The number of hydrogen-bond donors (Lipinski definition) is 2. The molecule has 0 atom stereocenters. The molecule has 0 saturated carbocycles. The summed E-state index contributed by atoms with van der Waals surface area (Å²) in [4.78, 5) is 25.5. The number of carbonyl (C=O) groups is 1. The zero-order valence-corrected chi connectivity index (χ0v) is 19.7. The monoisotopic (exact) mass is 486 g/mol. The van der Waals surface area contributed by atoms with Gasteiger partial charge in [-0.15, -0.1) is 0 Å². The van der Waals surface area contributed by atoms with Gasteiger partial charge in [-0.2, -0.15) is 0 Å². The van der Waals surface area contributed by atoms with E-state index < -0.39 is 23.4 Å². The molecule has 1 fully saturated rings. The van der Waals surface area contributed by atoms with Crippen LogP contribution in [0.5, 0.6) is 11.5 Å². The third kappa shape index (κ3) is 6.11. The van der Waals surface area contributed by atoms with Crippen LogP contribution in [0.3, 0.4) is 0 Å². The fraction of sp³-hybridized carbons (Fsp3) is 0.375. The number of methoxy groups -OCH3 is 1. The zero-order valence-electron chi connectivity index (χ0n) is 19.7. The first-order chi connectivity index (χ1) is 16.9. The third-order valence-electron chi connectivity index (χ3n) is 5.83. The summed E-state index contributed by atoms with van der Waals surface area (Å²) in [6.45, 7) is 5.73. The quantitative estimate of drug-likeness (QED) is 0.471. The SMILES string of the molecule is COc1cc2c(NC(=O)Nc3c(F)cccc3F)ncnc2cc1OCCCN1CCN(C)CC1. The lowest BCUT2D eigenvalue weighted by Crippen LogP contribution is -2.44. The largest absolute Gasteiger partial charge is 0.493 e. The highest BCUT2D eigenvalue weighted by Gasteiger charge is 2.17. The van der Waals surface area contributed by atoms with Crippen molar-refractivity contribution in [1.29, 1.82) is 0 Å². The number of halogens is 2. The average molecular weight is 487 g/mol. The van der Waals surface area contributed by atoms with Crippen molar-refractivity contribution >= 4 is 28.4 Å². The van der Waals surface area contributed by atoms with Gasteiger partial charge < -0.3 is 24.6 Å². The Kier molecular flexibility index (Phi) is 7.88. The van der Waals surface area contributed by atoms with Gasteiger partial charge in [0.05, 0.1) is 19.2 Å². The molecule has 0 bridgehead atoms. The van der Waals surface area contributed by atoms with Crippen LogP contribution in [0.1, 0.15) is 6.42 Å². The standard InChI is InChI=1S/C24H28F2N6O3/c1-31-8-10-32(11-9-31)7-4-12-35-21-14-19-16(13-20(21)34-2)23(28-15-27-19)30-24(33)29-22-17(25)5-3-6-18(22)26/h3,5-6,13-15H,4,7-12H2,1-2H3,(H2,27,28,29,30,33). The van der Waals surface area contributed by atoms with E-state index in [4.69, 9.17) is 9.47 Å². The zero-order chi connectivity index (χ0) is 24.8.